The third kappa shape index (κ3) is 3.86. The monoisotopic (exact) mass is 336 g/mol. The van der Waals surface area contributed by atoms with E-state index in [9.17, 15) is 0 Å². The summed E-state index contributed by atoms with van der Waals surface area (Å²) in [4.78, 5) is 0. The quantitative estimate of drug-likeness (QED) is 0.481. The predicted octanol–water partition coefficient (Wildman–Crippen LogP) is 6.51. The highest BCUT2D eigenvalue weighted by molar-refractivity contribution is 5.45. The molecule has 0 saturated carbocycles. The van der Waals surface area contributed by atoms with Gasteiger partial charge in [0.15, 0.2) is 0 Å². The molecule has 26 heavy (non-hydrogen) atoms. The molecule has 0 aromatic heterocycles. The zero-order valence-electron chi connectivity index (χ0n) is 15.0. The molecule has 0 saturated heterocycles. The van der Waals surface area contributed by atoms with Crippen LogP contribution < -0.4 is 0 Å². The van der Waals surface area contributed by atoms with Gasteiger partial charge >= 0.3 is 0 Å². The van der Waals surface area contributed by atoms with E-state index in [2.05, 4.69) is 103 Å². The summed E-state index contributed by atoms with van der Waals surface area (Å²) in [5.41, 5.74) is 7.27. The summed E-state index contributed by atoms with van der Waals surface area (Å²) in [5, 5.41) is 0. The molecule has 0 heteroatoms. The summed E-state index contributed by atoms with van der Waals surface area (Å²) in [6.07, 6.45) is 7.80. The van der Waals surface area contributed by atoms with E-state index in [4.69, 9.17) is 0 Å². The van der Waals surface area contributed by atoms with Crippen molar-refractivity contribution in [2.45, 2.75) is 25.2 Å². The molecule has 1 atom stereocenters. The van der Waals surface area contributed by atoms with Gasteiger partial charge in [0.05, 0.1) is 0 Å². The zero-order valence-corrected chi connectivity index (χ0v) is 15.0. The molecule has 0 aliphatic heterocycles. The van der Waals surface area contributed by atoms with Gasteiger partial charge in [-0.3, -0.25) is 0 Å². The molecule has 0 spiro atoms. The van der Waals surface area contributed by atoms with Gasteiger partial charge in [0.25, 0.3) is 0 Å². The van der Waals surface area contributed by atoms with E-state index in [1.807, 2.05) is 0 Å². The maximum absolute atomic E-state index is 2.34. The second kappa shape index (κ2) is 8.01. The topological polar surface area (TPSA) is 0 Å². The van der Waals surface area contributed by atoms with Crippen molar-refractivity contribution in [1.82, 2.24) is 0 Å². The highest BCUT2D eigenvalue weighted by atomic mass is 14.3. The normalized spacial score (nSPS) is 14.6. The van der Waals surface area contributed by atoms with Crippen molar-refractivity contribution in [3.63, 3.8) is 0 Å². The second-order valence-corrected chi connectivity index (χ2v) is 6.97. The summed E-state index contributed by atoms with van der Waals surface area (Å²) in [6.45, 7) is 0. The Morgan fingerprint density at radius 1 is 0.654 bits per heavy atom. The van der Waals surface area contributed by atoms with Crippen LogP contribution in [0, 0.1) is 0 Å². The summed E-state index contributed by atoms with van der Waals surface area (Å²) < 4.78 is 0. The van der Waals surface area contributed by atoms with Gasteiger partial charge in [0, 0.05) is 5.92 Å². The lowest BCUT2D eigenvalue weighted by Crippen LogP contribution is -2.08. The lowest BCUT2D eigenvalue weighted by Gasteiger charge is -2.22. The number of hydrogen-bond donors (Lipinski definition) is 0. The fourth-order valence-electron chi connectivity index (χ4n) is 3.90. The first kappa shape index (κ1) is 16.6. The second-order valence-electron chi connectivity index (χ2n) is 6.97. The lowest BCUT2D eigenvalue weighted by molar-refractivity contribution is 0.761. The van der Waals surface area contributed by atoms with Crippen LogP contribution >= 0.6 is 0 Å². The van der Waals surface area contributed by atoms with Crippen LogP contribution in [0.5, 0.6) is 0 Å². The van der Waals surface area contributed by atoms with Crippen molar-refractivity contribution in [3.8, 4) is 0 Å². The van der Waals surface area contributed by atoms with Crippen molar-refractivity contribution in [1.29, 1.82) is 0 Å². The maximum atomic E-state index is 2.34. The van der Waals surface area contributed by atoms with Crippen LogP contribution in [0.2, 0.25) is 0 Å². The van der Waals surface area contributed by atoms with Crippen LogP contribution in [-0.4, -0.2) is 0 Å². The lowest BCUT2D eigenvalue weighted by atomic mass is 9.82. The number of benzene rings is 3. The Hall–Kier alpha value is -2.86. The Kier molecular flexibility index (Phi) is 5.12. The van der Waals surface area contributed by atoms with Gasteiger partial charge in [-0.05, 0) is 41.5 Å². The first-order valence-corrected chi connectivity index (χ1v) is 9.41. The van der Waals surface area contributed by atoms with E-state index >= 15 is 0 Å². The van der Waals surface area contributed by atoms with Gasteiger partial charge in [0.1, 0.15) is 0 Å². The molecule has 3 aromatic rings. The van der Waals surface area contributed by atoms with E-state index in [1.54, 1.807) is 5.57 Å². The molecule has 0 heterocycles. The maximum Gasteiger partial charge on any atom is 0.00976 e. The fourth-order valence-corrected chi connectivity index (χ4v) is 3.90. The minimum absolute atomic E-state index is 0.437. The highest BCUT2D eigenvalue weighted by Gasteiger charge is 2.22. The largest absolute Gasteiger partial charge is 0.0801 e. The Morgan fingerprint density at radius 2 is 1.23 bits per heavy atom. The third-order valence-corrected chi connectivity index (χ3v) is 5.21. The fraction of sp³-hybridized carbons (Fsp3) is 0.154. The van der Waals surface area contributed by atoms with Crippen molar-refractivity contribution in [2.24, 2.45) is 0 Å². The molecule has 1 unspecified atom stereocenters. The Labute approximate surface area is 156 Å². The third-order valence-electron chi connectivity index (χ3n) is 5.21. The van der Waals surface area contributed by atoms with Crippen molar-refractivity contribution >= 4 is 0 Å². The van der Waals surface area contributed by atoms with E-state index in [0.717, 1.165) is 19.3 Å². The first-order chi connectivity index (χ1) is 12.9. The van der Waals surface area contributed by atoms with Gasteiger partial charge in [-0.15, -0.1) is 0 Å². The molecule has 0 fully saturated rings. The summed E-state index contributed by atoms with van der Waals surface area (Å²) >= 11 is 0. The van der Waals surface area contributed by atoms with E-state index < -0.39 is 0 Å². The van der Waals surface area contributed by atoms with Crippen LogP contribution in [0.25, 0.3) is 0 Å². The highest BCUT2D eigenvalue weighted by Crippen LogP contribution is 2.37. The molecule has 3 aromatic carbocycles. The minimum atomic E-state index is 0.437. The molecular weight excluding hydrogens is 312 g/mol. The summed E-state index contributed by atoms with van der Waals surface area (Å²) in [5.74, 6) is 0.437. The molecule has 1 aliphatic rings. The molecule has 0 nitrogen and oxygen atoms in total. The van der Waals surface area contributed by atoms with Gasteiger partial charge in [-0.2, -0.15) is 0 Å². The van der Waals surface area contributed by atoms with Gasteiger partial charge in [-0.25, -0.2) is 0 Å². The van der Waals surface area contributed by atoms with Crippen LogP contribution in [0.1, 0.15) is 29.0 Å². The standard InChI is InChI=1S/C26H24/c1-4-11-21(12-5-1)19-24-17-10-18-25(24)26(23-15-8-3-9-16-23)20-22-13-6-2-7-14-22/h1-17,26H,18-20H2. The van der Waals surface area contributed by atoms with Crippen LogP contribution in [0.3, 0.4) is 0 Å². The average Bonchev–Trinajstić information content (AvgIpc) is 3.16. The molecule has 0 bridgehead atoms. The van der Waals surface area contributed by atoms with Crippen LogP contribution in [0.15, 0.2) is 114 Å². The number of hydrogen-bond acceptors (Lipinski definition) is 0. The van der Waals surface area contributed by atoms with E-state index in [0.29, 0.717) is 5.92 Å². The molecule has 0 amide bonds. The Morgan fingerprint density at radius 3 is 1.88 bits per heavy atom. The SMILES string of the molecule is C1=CC(Cc2ccccc2)=C(C(Cc2ccccc2)c2ccccc2)C1. The molecule has 128 valence electrons. The van der Waals surface area contributed by atoms with E-state index in [-0.39, 0.29) is 0 Å². The van der Waals surface area contributed by atoms with Crippen molar-refractivity contribution in [3.05, 3.63) is 131 Å². The molecule has 4 rings (SSSR count). The molecule has 0 N–H and O–H groups in total. The number of allylic oxidation sites excluding steroid dienone is 4. The van der Waals surface area contributed by atoms with E-state index in [1.165, 1.54) is 22.3 Å². The van der Waals surface area contributed by atoms with Gasteiger partial charge < -0.3 is 0 Å². The zero-order chi connectivity index (χ0) is 17.6. The molecule has 1 aliphatic carbocycles. The van der Waals surface area contributed by atoms with Crippen molar-refractivity contribution in [2.75, 3.05) is 0 Å². The Bertz CT molecular complexity index is 887. The minimum Gasteiger partial charge on any atom is -0.0801 e. The predicted molar refractivity (Wildman–Crippen MR) is 110 cm³/mol. The smallest absolute Gasteiger partial charge is 0.00976 e. The van der Waals surface area contributed by atoms with Gasteiger partial charge in [-0.1, -0.05) is 109 Å². The van der Waals surface area contributed by atoms with Crippen LogP contribution in [-0.2, 0) is 12.8 Å². The number of rotatable bonds is 6. The first-order valence-electron chi connectivity index (χ1n) is 9.41. The van der Waals surface area contributed by atoms with Crippen LogP contribution in [0.4, 0.5) is 0 Å². The summed E-state index contributed by atoms with van der Waals surface area (Å²) in [7, 11) is 0. The van der Waals surface area contributed by atoms with Gasteiger partial charge in [0.2, 0.25) is 0 Å². The average molecular weight is 336 g/mol. The van der Waals surface area contributed by atoms with Crippen molar-refractivity contribution < 1.29 is 0 Å². The Balaban J connectivity index is 1.69. The summed E-state index contributed by atoms with van der Waals surface area (Å²) in [6, 6.07) is 32.7. The molecule has 0 radical (unpaired) electrons. The molecular formula is C26H24.